The van der Waals surface area contributed by atoms with Gasteiger partial charge in [-0.15, -0.1) is 0 Å². The maximum Gasteiger partial charge on any atom is 0.334 e. The second kappa shape index (κ2) is 8.01. The van der Waals surface area contributed by atoms with Crippen LogP contribution in [-0.4, -0.2) is 16.1 Å². The van der Waals surface area contributed by atoms with Crippen LogP contribution in [0.3, 0.4) is 0 Å². The first-order valence-corrected chi connectivity index (χ1v) is 9.56. The molecule has 5 nitrogen and oxygen atoms in total. The zero-order valence-corrected chi connectivity index (χ0v) is 16.2. The summed E-state index contributed by atoms with van der Waals surface area (Å²) in [5.74, 6) is 0.407. The molecule has 136 valence electrons. The Morgan fingerprint density at radius 1 is 1.31 bits per heavy atom. The minimum atomic E-state index is -1.19. The Kier molecular flexibility index (Phi) is 5.74. The van der Waals surface area contributed by atoms with Gasteiger partial charge in [-0.3, -0.25) is 10.1 Å². The van der Waals surface area contributed by atoms with Crippen molar-refractivity contribution >= 4 is 34.3 Å². The number of hydrogen-bond acceptors (Lipinski definition) is 5. The van der Waals surface area contributed by atoms with E-state index in [4.69, 9.17) is 16.3 Å². The number of aryl methyl sites for hydroxylation is 1. The summed E-state index contributed by atoms with van der Waals surface area (Å²) < 4.78 is 6.03. The van der Waals surface area contributed by atoms with E-state index in [1.54, 1.807) is 0 Å². The van der Waals surface area contributed by atoms with Crippen LogP contribution in [0.2, 0.25) is 5.02 Å². The predicted octanol–water partition coefficient (Wildman–Crippen LogP) is 4.12. The number of nitrogens with zero attached hydrogens (tertiary/aromatic N) is 1. The minimum absolute atomic E-state index is 0.220. The number of hydrogen-bond donors (Lipinski definition) is 2. The molecule has 0 fully saturated rings. The summed E-state index contributed by atoms with van der Waals surface area (Å²) in [7, 11) is 0. The molecule has 1 aliphatic heterocycles. The highest BCUT2D eigenvalue weighted by Gasteiger charge is 2.41. The molecule has 1 atom stereocenters. The molecule has 0 aromatic heterocycles. The zero-order chi connectivity index (χ0) is 18.6. The van der Waals surface area contributed by atoms with Crippen molar-refractivity contribution < 1.29 is 9.53 Å². The second-order valence-corrected chi connectivity index (χ2v) is 7.50. The van der Waals surface area contributed by atoms with Gasteiger partial charge < -0.3 is 4.74 Å². The van der Waals surface area contributed by atoms with E-state index < -0.39 is 5.18 Å². The third-order valence-electron chi connectivity index (χ3n) is 3.71. The average molecular weight is 390 g/mol. The summed E-state index contributed by atoms with van der Waals surface area (Å²) in [6.07, 6.45) is 1.89. The number of ether oxygens (including phenoxy) is 1. The molecule has 3 rings (SSSR count). The van der Waals surface area contributed by atoms with Gasteiger partial charge >= 0.3 is 5.18 Å². The molecule has 0 aliphatic carbocycles. The molecule has 1 amide bonds. The molecule has 7 heteroatoms. The van der Waals surface area contributed by atoms with E-state index in [2.05, 4.69) is 22.8 Å². The Morgan fingerprint density at radius 2 is 2.08 bits per heavy atom. The number of rotatable bonds is 6. The fourth-order valence-electron chi connectivity index (χ4n) is 2.68. The fraction of sp³-hybridized carbons (Fsp3) is 0.263. The van der Waals surface area contributed by atoms with E-state index in [1.807, 2.05) is 48.5 Å². The summed E-state index contributed by atoms with van der Waals surface area (Å²) in [6.45, 7) is 3.56. The van der Waals surface area contributed by atoms with E-state index in [9.17, 15) is 4.79 Å². The third kappa shape index (κ3) is 4.31. The van der Waals surface area contributed by atoms with Crippen molar-refractivity contribution in [2.24, 2.45) is 5.10 Å². The summed E-state index contributed by atoms with van der Waals surface area (Å²) >= 11 is 7.47. The number of amides is 1. The smallest absolute Gasteiger partial charge is 0.334 e. The van der Waals surface area contributed by atoms with Crippen LogP contribution in [0.4, 0.5) is 0 Å². The Hall–Kier alpha value is -2.18. The van der Waals surface area contributed by atoms with Crippen LogP contribution in [0.25, 0.3) is 0 Å². The van der Waals surface area contributed by atoms with E-state index >= 15 is 0 Å². The zero-order valence-electron chi connectivity index (χ0n) is 14.6. The van der Waals surface area contributed by atoms with Gasteiger partial charge in [0.2, 0.25) is 5.91 Å². The van der Waals surface area contributed by atoms with Crippen LogP contribution < -0.4 is 15.5 Å². The summed E-state index contributed by atoms with van der Waals surface area (Å²) in [5.41, 5.74) is 5.05. The average Bonchev–Trinajstić information content (AvgIpc) is 2.99. The Labute approximate surface area is 162 Å². The van der Waals surface area contributed by atoms with Gasteiger partial charge in [-0.2, -0.15) is 5.10 Å². The highest BCUT2D eigenvalue weighted by Crippen LogP contribution is 2.34. The molecular formula is C19H20ClN3O2S. The second-order valence-electron chi connectivity index (χ2n) is 5.90. The molecule has 0 spiro atoms. The molecule has 2 N–H and O–H groups in total. The van der Waals surface area contributed by atoms with Crippen molar-refractivity contribution in [3.63, 3.8) is 0 Å². The van der Waals surface area contributed by atoms with E-state index in [-0.39, 0.29) is 5.91 Å². The third-order valence-corrected chi connectivity index (χ3v) is 5.01. The monoisotopic (exact) mass is 389 g/mol. The summed E-state index contributed by atoms with van der Waals surface area (Å²) in [6, 6.07) is 15.1. The number of nitrogens with one attached hydrogen (secondary N) is 2. The lowest BCUT2D eigenvalue weighted by molar-refractivity contribution is -0.122. The number of halogens is 1. The van der Waals surface area contributed by atoms with Gasteiger partial charge in [0.25, 0.3) is 0 Å². The van der Waals surface area contributed by atoms with Crippen molar-refractivity contribution in [2.45, 2.75) is 31.9 Å². The predicted molar refractivity (Wildman–Crippen MR) is 106 cm³/mol. The molecule has 0 radical (unpaired) electrons. The maximum absolute atomic E-state index is 11.7. The molecule has 0 saturated heterocycles. The lowest BCUT2D eigenvalue weighted by Gasteiger charge is -2.28. The van der Waals surface area contributed by atoms with Gasteiger partial charge in [-0.25, -0.2) is 5.43 Å². The standard InChI is InChI=1S/C19H20ClN3O2S/c1-3-7-14-12-15(20)10-11-17(14)18-22-23-19(26-18,21-13(2)24)25-16-8-5-4-6-9-16/h4-6,8-12,23H,3,7H2,1-2H3,(H,21,24). The van der Waals surface area contributed by atoms with E-state index in [0.717, 1.165) is 29.0 Å². The quantitative estimate of drug-likeness (QED) is 0.729. The first-order chi connectivity index (χ1) is 12.5. The van der Waals surface area contributed by atoms with Crippen LogP contribution in [0.5, 0.6) is 5.75 Å². The van der Waals surface area contributed by atoms with E-state index in [1.165, 1.54) is 18.7 Å². The van der Waals surface area contributed by atoms with Crippen molar-refractivity contribution in [3.05, 3.63) is 64.7 Å². The SMILES string of the molecule is CCCc1cc(Cl)ccc1C1=NNC(NC(C)=O)(Oc2ccccc2)S1. The van der Waals surface area contributed by atoms with Crippen molar-refractivity contribution in [3.8, 4) is 5.75 Å². The largest absolute Gasteiger partial charge is 0.440 e. The lowest BCUT2D eigenvalue weighted by atomic mass is 10.0. The number of benzene rings is 2. The van der Waals surface area contributed by atoms with Gasteiger partial charge in [0.15, 0.2) is 0 Å². The summed E-state index contributed by atoms with van der Waals surface area (Å²) in [5, 5.41) is 7.50. The van der Waals surface area contributed by atoms with Gasteiger partial charge in [-0.05, 0) is 48.0 Å². The maximum atomic E-state index is 11.7. The summed E-state index contributed by atoms with van der Waals surface area (Å²) in [4.78, 5) is 11.7. The van der Waals surface area contributed by atoms with Crippen molar-refractivity contribution in [2.75, 3.05) is 0 Å². The van der Waals surface area contributed by atoms with Crippen LogP contribution in [-0.2, 0) is 11.2 Å². The normalized spacial score (nSPS) is 18.8. The minimum Gasteiger partial charge on any atom is -0.440 e. The molecule has 0 bridgehead atoms. The van der Waals surface area contributed by atoms with Gasteiger partial charge in [0, 0.05) is 17.5 Å². The van der Waals surface area contributed by atoms with Crippen molar-refractivity contribution in [1.29, 1.82) is 0 Å². The van der Waals surface area contributed by atoms with E-state index in [0.29, 0.717) is 10.8 Å². The number of thioether (sulfide) groups is 1. The molecule has 1 heterocycles. The van der Waals surface area contributed by atoms with Crippen molar-refractivity contribution in [1.82, 2.24) is 10.7 Å². The van der Waals surface area contributed by atoms with Crippen LogP contribution in [0.1, 0.15) is 31.4 Å². The number of para-hydroxylation sites is 1. The molecular weight excluding hydrogens is 370 g/mol. The molecule has 2 aromatic rings. The highest BCUT2D eigenvalue weighted by atomic mass is 35.5. The lowest BCUT2D eigenvalue weighted by Crippen LogP contribution is -2.56. The molecule has 2 aromatic carbocycles. The molecule has 26 heavy (non-hydrogen) atoms. The fourth-order valence-corrected chi connectivity index (χ4v) is 3.97. The topological polar surface area (TPSA) is 62.7 Å². The van der Waals surface area contributed by atoms with Gasteiger partial charge in [0.1, 0.15) is 10.8 Å². The number of carbonyl (C=O) groups is 1. The first kappa shape index (κ1) is 18.6. The van der Waals surface area contributed by atoms with Gasteiger partial charge in [0.05, 0.1) is 0 Å². The molecule has 1 unspecified atom stereocenters. The molecule has 1 aliphatic rings. The molecule has 0 saturated carbocycles. The van der Waals surface area contributed by atoms with Gasteiger partial charge in [-0.1, -0.05) is 49.2 Å². The first-order valence-electron chi connectivity index (χ1n) is 8.37. The Morgan fingerprint density at radius 3 is 2.77 bits per heavy atom. The van der Waals surface area contributed by atoms with Crippen LogP contribution in [0.15, 0.2) is 53.6 Å². The number of hydrazone groups is 1. The number of carbonyl (C=O) groups excluding carboxylic acids is 1. The van der Waals surface area contributed by atoms with Crippen LogP contribution in [0, 0.1) is 0 Å². The highest BCUT2D eigenvalue weighted by molar-refractivity contribution is 8.15. The Balaban J connectivity index is 1.88. The Bertz CT molecular complexity index is 829. The van der Waals surface area contributed by atoms with Crippen LogP contribution >= 0.6 is 23.4 Å².